The molecule has 4 aliphatic rings. The molecule has 1 aliphatic heterocycles. The van der Waals surface area contributed by atoms with E-state index in [9.17, 15) is 9.90 Å². The summed E-state index contributed by atoms with van der Waals surface area (Å²) in [6.45, 7) is 7.72. The van der Waals surface area contributed by atoms with Crippen molar-refractivity contribution >= 4 is 6.09 Å². The van der Waals surface area contributed by atoms with Gasteiger partial charge in [-0.15, -0.1) is 0 Å². The predicted octanol–water partition coefficient (Wildman–Crippen LogP) is 2.02. The first kappa shape index (κ1) is 12.3. The molecule has 18 heavy (non-hydrogen) atoms. The highest BCUT2D eigenvalue weighted by molar-refractivity contribution is 5.69. The lowest BCUT2D eigenvalue weighted by molar-refractivity contribution is -0.269. The van der Waals surface area contributed by atoms with Crippen molar-refractivity contribution in [1.82, 2.24) is 4.90 Å². The third-order valence-electron chi connectivity index (χ3n) is 4.92. The topological polar surface area (TPSA) is 49.8 Å². The van der Waals surface area contributed by atoms with E-state index in [-0.39, 0.29) is 11.5 Å². The van der Waals surface area contributed by atoms with E-state index >= 15 is 0 Å². The molecule has 0 aromatic carbocycles. The molecular formula is C14H23NO3. The first-order chi connectivity index (χ1) is 8.28. The Labute approximate surface area is 108 Å². The standard InChI is InChI=1S/C14H23NO3/c1-12(2,3)18-11(17)15-4-10(5-15)14-6-13(7-14,8-14)9-16/h10,16H,4-9H2,1-3H3. The van der Waals surface area contributed by atoms with Crippen molar-refractivity contribution in [3.63, 3.8) is 0 Å². The van der Waals surface area contributed by atoms with Crippen molar-refractivity contribution in [2.24, 2.45) is 16.7 Å². The Morgan fingerprint density at radius 2 is 1.89 bits per heavy atom. The van der Waals surface area contributed by atoms with Gasteiger partial charge in [-0.3, -0.25) is 0 Å². The van der Waals surface area contributed by atoms with Gasteiger partial charge >= 0.3 is 6.09 Å². The fourth-order valence-electron chi connectivity index (χ4n) is 4.03. The molecule has 3 aliphatic carbocycles. The summed E-state index contributed by atoms with van der Waals surface area (Å²) in [5, 5.41) is 9.25. The van der Waals surface area contributed by atoms with Gasteiger partial charge in [0.2, 0.25) is 0 Å². The number of aliphatic hydroxyl groups is 1. The van der Waals surface area contributed by atoms with Gasteiger partial charge in [0.05, 0.1) is 0 Å². The maximum atomic E-state index is 11.8. The quantitative estimate of drug-likeness (QED) is 0.819. The molecule has 0 aromatic heterocycles. The second kappa shape index (κ2) is 3.41. The summed E-state index contributed by atoms with van der Waals surface area (Å²) >= 11 is 0. The molecule has 1 N–H and O–H groups in total. The van der Waals surface area contributed by atoms with Crippen LogP contribution in [0.1, 0.15) is 40.0 Å². The van der Waals surface area contributed by atoms with E-state index in [0.29, 0.717) is 17.9 Å². The van der Waals surface area contributed by atoms with Crippen molar-refractivity contribution in [2.45, 2.75) is 45.6 Å². The summed E-state index contributed by atoms with van der Waals surface area (Å²) in [7, 11) is 0. The molecule has 4 nitrogen and oxygen atoms in total. The smallest absolute Gasteiger partial charge is 0.410 e. The number of carbonyl (C=O) groups is 1. The second-order valence-corrected chi connectivity index (χ2v) is 7.63. The van der Waals surface area contributed by atoms with Crippen LogP contribution in [-0.4, -0.2) is 41.4 Å². The number of carbonyl (C=O) groups excluding carboxylic acids is 1. The fourth-order valence-corrected chi connectivity index (χ4v) is 4.03. The molecular weight excluding hydrogens is 230 g/mol. The van der Waals surface area contributed by atoms with E-state index in [1.165, 1.54) is 19.3 Å². The zero-order valence-electron chi connectivity index (χ0n) is 11.5. The van der Waals surface area contributed by atoms with Crippen LogP contribution in [0.25, 0.3) is 0 Å². The summed E-state index contributed by atoms with van der Waals surface area (Å²) in [6.07, 6.45) is 3.33. The molecule has 0 aromatic rings. The van der Waals surface area contributed by atoms with Gasteiger partial charge in [-0.05, 0) is 50.9 Å². The molecule has 102 valence electrons. The van der Waals surface area contributed by atoms with Crippen molar-refractivity contribution in [3.8, 4) is 0 Å². The van der Waals surface area contributed by atoms with Crippen LogP contribution in [0, 0.1) is 16.7 Å². The minimum Gasteiger partial charge on any atom is -0.444 e. The van der Waals surface area contributed by atoms with Crippen molar-refractivity contribution in [2.75, 3.05) is 19.7 Å². The normalized spacial score (nSPS) is 38.6. The molecule has 1 saturated heterocycles. The predicted molar refractivity (Wildman–Crippen MR) is 67.1 cm³/mol. The van der Waals surface area contributed by atoms with Gasteiger partial charge in [0.1, 0.15) is 5.60 Å². The Bertz CT molecular complexity index is 359. The minimum atomic E-state index is -0.403. The highest BCUT2D eigenvalue weighted by Crippen LogP contribution is 2.76. The molecule has 3 saturated carbocycles. The summed E-state index contributed by atoms with van der Waals surface area (Å²) in [6, 6.07) is 0. The van der Waals surface area contributed by atoms with E-state index in [0.717, 1.165) is 13.1 Å². The van der Waals surface area contributed by atoms with Gasteiger partial charge in [-0.1, -0.05) is 0 Å². The average Bonchev–Trinajstić information content (AvgIpc) is 2.00. The first-order valence-corrected chi connectivity index (χ1v) is 6.86. The van der Waals surface area contributed by atoms with Crippen LogP contribution < -0.4 is 0 Å². The van der Waals surface area contributed by atoms with Gasteiger partial charge in [-0.2, -0.15) is 0 Å². The van der Waals surface area contributed by atoms with Gasteiger partial charge in [-0.25, -0.2) is 4.79 Å². The molecule has 4 rings (SSSR count). The number of nitrogens with zero attached hydrogens (tertiary/aromatic N) is 1. The Hall–Kier alpha value is -0.770. The monoisotopic (exact) mass is 253 g/mol. The maximum Gasteiger partial charge on any atom is 0.410 e. The van der Waals surface area contributed by atoms with E-state index in [2.05, 4.69) is 0 Å². The van der Waals surface area contributed by atoms with Crippen LogP contribution in [0.2, 0.25) is 0 Å². The molecule has 0 unspecified atom stereocenters. The Morgan fingerprint density at radius 1 is 1.33 bits per heavy atom. The third kappa shape index (κ3) is 1.65. The lowest BCUT2D eigenvalue weighted by Crippen LogP contribution is -2.72. The number of likely N-dealkylation sites (tertiary alicyclic amines) is 1. The first-order valence-electron chi connectivity index (χ1n) is 6.86. The lowest BCUT2D eigenvalue weighted by Gasteiger charge is -2.75. The fraction of sp³-hybridized carbons (Fsp3) is 0.929. The molecule has 1 amide bonds. The molecule has 0 spiro atoms. The largest absolute Gasteiger partial charge is 0.444 e. The number of aliphatic hydroxyl groups excluding tert-OH is 1. The summed E-state index contributed by atoms with van der Waals surface area (Å²) in [4.78, 5) is 13.6. The number of hydrogen-bond acceptors (Lipinski definition) is 3. The van der Waals surface area contributed by atoms with Crippen LogP contribution in [0.15, 0.2) is 0 Å². The van der Waals surface area contributed by atoms with Crippen molar-refractivity contribution < 1.29 is 14.6 Å². The number of rotatable bonds is 2. The van der Waals surface area contributed by atoms with Crippen LogP contribution in [-0.2, 0) is 4.74 Å². The number of ether oxygens (including phenoxy) is 1. The molecule has 1 heterocycles. The molecule has 4 heteroatoms. The summed E-state index contributed by atoms with van der Waals surface area (Å²) in [5.74, 6) is 0.637. The molecule has 0 atom stereocenters. The molecule has 0 radical (unpaired) electrons. The SMILES string of the molecule is CC(C)(C)OC(=O)N1CC(C23CC(CO)(C2)C3)C1. The van der Waals surface area contributed by atoms with Crippen LogP contribution in [0.3, 0.4) is 0 Å². The summed E-state index contributed by atoms with van der Waals surface area (Å²) in [5.41, 5.74) is 0.326. The van der Waals surface area contributed by atoms with E-state index in [1.807, 2.05) is 25.7 Å². The number of hydrogen-bond donors (Lipinski definition) is 1. The third-order valence-corrected chi connectivity index (χ3v) is 4.92. The maximum absolute atomic E-state index is 11.8. The van der Waals surface area contributed by atoms with Gasteiger partial charge in [0, 0.05) is 25.6 Å². The highest BCUT2D eigenvalue weighted by atomic mass is 16.6. The lowest BCUT2D eigenvalue weighted by atomic mass is 9.31. The number of amides is 1. The van der Waals surface area contributed by atoms with E-state index in [4.69, 9.17) is 4.74 Å². The highest BCUT2D eigenvalue weighted by Gasteiger charge is 2.71. The van der Waals surface area contributed by atoms with Gasteiger partial charge < -0.3 is 14.7 Å². The van der Waals surface area contributed by atoms with E-state index in [1.54, 1.807) is 0 Å². The average molecular weight is 253 g/mol. The summed E-state index contributed by atoms with van der Waals surface area (Å²) < 4.78 is 5.36. The second-order valence-electron chi connectivity index (χ2n) is 7.63. The Morgan fingerprint density at radius 3 is 2.33 bits per heavy atom. The van der Waals surface area contributed by atoms with Gasteiger partial charge in [0.25, 0.3) is 0 Å². The van der Waals surface area contributed by atoms with E-state index < -0.39 is 5.60 Å². The van der Waals surface area contributed by atoms with Gasteiger partial charge in [0.15, 0.2) is 0 Å². The molecule has 2 bridgehead atoms. The zero-order chi connectivity index (χ0) is 13.2. The van der Waals surface area contributed by atoms with Crippen LogP contribution >= 0.6 is 0 Å². The molecule has 4 fully saturated rings. The van der Waals surface area contributed by atoms with Crippen molar-refractivity contribution in [1.29, 1.82) is 0 Å². The van der Waals surface area contributed by atoms with Crippen LogP contribution in [0.4, 0.5) is 4.79 Å². The van der Waals surface area contributed by atoms with Crippen molar-refractivity contribution in [3.05, 3.63) is 0 Å². The Kier molecular flexibility index (Phi) is 2.32. The minimum absolute atomic E-state index is 0.179. The van der Waals surface area contributed by atoms with Crippen LogP contribution in [0.5, 0.6) is 0 Å². The zero-order valence-corrected chi connectivity index (χ0v) is 11.5. The Balaban J connectivity index is 1.46.